The van der Waals surface area contributed by atoms with E-state index in [0.717, 1.165) is 23.7 Å². The van der Waals surface area contributed by atoms with E-state index in [1.807, 2.05) is 25.7 Å². The second-order valence-electron chi connectivity index (χ2n) is 6.16. The van der Waals surface area contributed by atoms with Gasteiger partial charge in [-0.1, -0.05) is 0 Å². The first-order chi connectivity index (χ1) is 9.28. The maximum Gasteiger partial charge on any atom is 0.266 e. The fraction of sp³-hybridized carbons (Fsp3) is 0.714. The molecule has 20 heavy (non-hydrogen) atoms. The van der Waals surface area contributed by atoms with Crippen molar-refractivity contribution in [1.29, 1.82) is 0 Å². The minimum absolute atomic E-state index is 0.0837. The maximum atomic E-state index is 12.5. The highest BCUT2D eigenvalue weighted by Gasteiger charge is 2.31. The Morgan fingerprint density at radius 2 is 2.25 bits per heavy atom. The summed E-state index contributed by atoms with van der Waals surface area (Å²) in [6.45, 7) is 10.5. The van der Waals surface area contributed by atoms with Crippen LogP contribution in [0.1, 0.15) is 36.1 Å². The molecule has 1 fully saturated rings. The molecular weight excluding hydrogens is 274 g/mol. The van der Waals surface area contributed by atoms with E-state index in [1.165, 1.54) is 11.3 Å². The Labute approximate surface area is 124 Å². The number of aliphatic hydroxyl groups is 1. The number of thiazole rings is 1. The highest BCUT2D eigenvalue weighted by molar-refractivity contribution is 7.11. The molecule has 1 N–H and O–H groups in total. The van der Waals surface area contributed by atoms with Crippen LogP contribution in [0.3, 0.4) is 0 Å². The van der Waals surface area contributed by atoms with Crippen molar-refractivity contribution in [3.63, 3.8) is 0 Å². The van der Waals surface area contributed by atoms with Gasteiger partial charge >= 0.3 is 0 Å². The van der Waals surface area contributed by atoms with E-state index in [9.17, 15) is 9.90 Å². The lowest BCUT2D eigenvalue weighted by Crippen LogP contribution is -2.56. The Kier molecular flexibility index (Phi) is 4.46. The van der Waals surface area contributed by atoms with Crippen molar-refractivity contribution in [2.45, 2.75) is 39.3 Å². The van der Waals surface area contributed by atoms with Crippen LogP contribution in [-0.2, 0) is 0 Å². The van der Waals surface area contributed by atoms with Crippen LogP contribution < -0.4 is 0 Å². The van der Waals surface area contributed by atoms with E-state index in [-0.39, 0.29) is 11.9 Å². The van der Waals surface area contributed by atoms with Crippen molar-refractivity contribution >= 4 is 17.2 Å². The largest absolute Gasteiger partial charge is 0.389 e. The van der Waals surface area contributed by atoms with Crippen LogP contribution in [0.2, 0.25) is 0 Å². The fourth-order valence-electron chi connectivity index (χ4n) is 2.66. The van der Waals surface area contributed by atoms with Gasteiger partial charge in [0.15, 0.2) is 0 Å². The maximum absolute atomic E-state index is 12.5. The fourth-order valence-corrected chi connectivity index (χ4v) is 3.42. The number of carbonyl (C=O) groups excluding carboxylic acids is 1. The summed E-state index contributed by atoms with van der Waals surface area (Å²) in [5.41, 5.74) is 1.84. The van der Waals surface area contributed by atoms with Crippen LogP contribution in [0.15, 0.2) is 5.51 Å². The number of piperazine rings is 1. The third-order valence-electron chi connectivity index (χ3n) is 3.52. The number of carbonyl (C=O) groups is 1. The van der Waals surface area contributed by atoms with Crippen molar-refractivity contribution in [1.82, 2.24) is 14.8 Å². The molecule has 1 atom stereocenters. The van der Waals surface area contributed by atoms with Crippen molar-refractivity contribution in [3.8, 4) is 0 Å². The summed E-state index contributed by atoms with van der Waals surface area (Å²) in [6, 6.07) is 0.153. The van der Waals surface area contributed by atoms with Crippen LogP contribution in [0.5, 0.6) is 0 Å². The number of aryl methyl sites for hydroxylation is 1. The normalized spacial score (nSPS) is 21.2. The zero-order valence-electron chi connectivity index (χ0n) is 12.6. The Bertz CT molecular complexity index is 481. The number of amides is 1. The highest BCUT2D eigenvalue weighted by Crippen LogP contribution is 2.20. The first-order valence-electron chi connectivity index (χ1n) is 6.94. The lowest BCUT2D eigenvalue weighted by molar-refractivity contribution is 0.00590. The van der Waals surface area contributed by atoms with Crippen molar-refractivity contribution in [3.05, 3.63) is 16.1 Å². The molecule has 0 aromatic carbocycles. The lowest BCUT2D eigenvalue weighted by Gasteiger charge is -2.41. The molecule has 0 radical (unpaired) electrons. The molecule has 1 aromatic heterocycles. The van der Waals surface area contributed by atoms with Gasteiger partial charge in [-0.3, -0.25) is 9.69 Å². The van der Waals surface area contributed by atoms with Crippen LogP contribution in [-0.4, -0.2) is 63.6 Å². The molecule has 0 saturated carbocycles. The number of nitrogens with zero attached hydrogens (tertiary/aromatic N) is 3. The van der Waals surface area contributed by atoms with Crippen molar-refractivity contribution < 1.29 is 9.90 Å². The Morgan fingerprint density at radius 1 is 1.55 bits per heavy atom. The van der Waals surface area contributed by atoms with Gasteiger partial charge in [-0.2, -0.15) is 0 Å². The van der Waals surface area contributed by atoms with Gasteiger partial charge in [-0.05, 0) is 27.7 Å². The van der Waals surface area contributed by atoms with Gasteiger partial charge in [0, 0.05) is 32.2 Å². The molecule has 1 amide bonds. The van der Waals surface area contributed by atoms with E-state index < -0.39 is 5.60 Å². The molecule has 5 nitrogen and oxygen atoms in total. The predicted molar refractivity (Wildman–Crippen MR) is 80.1 cm³/mol. The SMILES string of the molecule is Cc1ncsc1C(=O)N1CCN(CC(C)(C)O)C[C@@H]1C. The summed E-state index contributed by atoms with van der Waals surface area (Å²) in [5.74, 6) is 0.0837. The summed E-state index contributed by atoms with van der Waals surface area (Å²) in [6.07, 6.45) is 0. The van der Waals surface area contributed by atoms with E-state index in [2.05, 4.69) is 16.8 Å². The number of β-amino-alcohol motifs (C(OH)–C–C–N with tert-alkyl or cyclic N) is 1. The van der Waals surface area contributed by atoms with Gasteiger partial charge in [0.25, 0.3) is 5.91 Å². The quantitative estimate of drug-likeness (QED) is 0.915. The predicted octanol–water partition coefficient (Wildman–Crippen LogP) is 1.37. The van der Waals surface area contributed by atoms with E-state index >= 15 is 0 Å². The Balaban J connectivity index is 2.00. The second kappa shape index (κ2) is 5.79. The second-order valence-corrected chi connectivity index (χ2v) is 7.02. The van der Waals surface area contributed by atoms with Crippen LogP contribution in [0.4, 0.5) is 0 Å². The Morgan fingerprint density at radius 3 is 2.75 bits per heavy atom. The van der Waals surface area contributed by atoms with E-state index in [4.69, 9.17) is 0 Å². The van der Waals surface area contributed by atoms with Crippen LogP contribution >= 0.6 is 11.3 Å². The summed E-state index contributed by atoms with van der Waals surface area (Å²) in [4.78, 5) is 21.5. The molecule has 2 heterocycles. The molecule has 0 bridgehead atoms. The number of hydrogen-bond donors (Lipinski definition) is 1. The standard InChI is InChI=1S/C14H23N3O2S/c1-10-7-16(8-14(3,4)19)5-6-17(10)13(18)12-11(2)15-9-20-12/h9-10,19H,5-8H2,1-4H3/t10-/m0/s1. The molecule has 112 valence electrons. The number of aromatic nitrogens is 1. The lowest BCUT2D eigenvalue weighted by atomic mass is 10.1. The molecule has 1 aliphatic heterocycles. The van der Waals surface area contributed by atoms with Crippen molar-refractivity contribution in [2.75, 3.05) is 26.2 Å². The van der Waals surface area contributed by atoms with Gasteiger partial charge in [0.1, 0.15) is 4.88 Å². The molecular formula is C14H23N3O2S. The first-order valence-corrected chi connectivity index (χ1v) is 7.81. The monoisotopic (exact) mass is 297 g/mol. The summed E-state index contributed by atoms with van der Waals surface area (Å²) in [7, 11) is 0. The van der Waals surface area contributed by atoms with Gasteiger partial charge in [0.2, 0.25) is 0 Å². The van der Waals surface area contributed by atoms with E-state index in [1.54, 1.807) is 5.51 Å². The molecule has 0 aliphatic carbocycles. The van der Waals surface area contributed by atoms with Crippen LogP contribution in [0, 0.1) is 6.92 Å². The summed E-state index contributed by atoms with van der Waals surface area (Å²) in [5, 5.41) is 9.89. The minimum atomic E-state index is -0.694. The average Bonchev–Trinajstić information content (AvgIpc) is 2.72. The molecule has 1 saturated heterocycles. The Hall–Kier alpha value is -0.980. The summed E-state index contributed by atoms with van der Waals surface area (Å²) >= 11 is 1.41. The molecule has 2 rings (SSSR count). The molecule has 1 aliphatic rings. The van der Waals surface area contributed by atoms with Crippen molar-refractivity contribution in [2.24, 2.45) is 0 Å². The first kappa shape index (κ1) is 15.4. The molecule has 0 spiro atoms. The number of hydrogen-bond acceptors (Lipinski definition) is 5. The van der Waals surface area contributed by atoms with Gasteiger partial charge in [-0.15, -0.1) is 11.3 Å². The third-order valence-corrected chi connectivity index (χ3v) is 4.44. The molecule has 6 heteroatoms. The third kappa shape index (κ3) is 3.56. The zero-order chi connectivity index (χ0) is 14.9. The zero-order valence-corrected chi connectivity index (χ0v) is 13.4. The molecule has 1 aromatic rings. The van der Waals surface area contributed by atoms with Gasteiger partial charge in [-0.25, -0.2) is 4.98 Å². The van der Waals surface area contributed by atoms with E-state index in [0.29, 0.717) is 13.1 Å². The smallest absolute Gasteiger partial charge is 0.266 e. The topological polar surface area (TPSA) is 56.7 Å². The molecule has 0 unspecified atom stereocenters. The van der Waals surface area contributed by atoms with Gasteiger partial charge < -0.3 is 10.0 Å². The minimum Gasteiger partial charge on any atom is -0.389 e. The number of rotatable bonds is 3. The summed E-state index contributed by atoms with van der Waals surface area (Å²) < 4.78 is 0. The highest BCUT2D eigenvalue weighted by atomic mass is 32.1. The average molecular weight is 297 g/mol. The van der Waals surface area contributed by atoms with Crippen LogP contribution in [0.25, 0.3) is 0 Å². The van der Waals surface area contributed by atoms with Gasteiger partial charge in [0.05, 0.1) is 16.8 Å².